The molecular weight excluding hydrogens is 282 g/mol. The van der Waals surface area contributed by atoms with Crippen LogP contribution in [0.15, 0.2) is 35.5 Å². The molecule has 1 aromatic rings. The molecule has 0 bridgehead atoms. The summed E-state index contributed by atoms with van der Waals surface area (Å²) in [7, 11) is 0. The Hall–Kier alpha value is -1.87. The largest absolute Gasteiger partial charge is 0.410 e. The van der Waals surface area contributed by atoms with E-state index in [0.717, 1.165) is 12.0 Å². The van der Waals surface area contributed by atoms with Gasteiger partial charge in [-0.2, -0.15) is 0 Å². The molecule has 22 heavy (non-hydrogen) atoms. The lowest BCUT2D eigenvalue weighted by atomic mass is 10.1. The van der Waals surface area contributed by atoms with Gasteiger partial charge >= 0.3 is 0 Å². The third-order valence-corrected chi connectivity index (χ3v) is 3.09. The number of nitrogens with zero attached hydrogens (tertiary/aromatic N) is 1. The number of oxime groups is 1. The highest BCUT2D eigenvalue weighted by molar-refractivity contribution is 5.99. The minimum absolute atomic E-state index is 0.0891. The minimum Gasteiger partial charge on any atom is -0.410 e. The van der Waals surface area contributed by atoms with Crippen LogP contribution in [-0.2, 0) is 16.1 Å². The molecule has 0 aliphatic rings. The third-order valence-electron chi connectivity index (χ3n) is 3.09. The molecule has 1 atom stereocenters. The van der Waals surface area contributed by atoms with E-state index in [1.807, 2.05) is 30.3 Å². The molecule has 1 aromatic carbocycles. The molecule has 0 aliphatic carbocycles. The van der Waals surface area contributed by atoms with E-state index < -0.39 is 0 Å². The normalized spacial score (nSPS) is 12.8. The summed E-state index contributed by atoms with van der Waals surface area (Å²) in [5.74, 6) is 2.27. The van der Waals surface area contributed by atoms with Gasteiger partial charge in [0.1, 0.15) is 5.71 Å². The molecule has 0 fully saturated rings. The van der Waals surface area contributed by atoms with Crippen molar-refractivity contribution in [2.24, 2.45) is 5.16 Å². The van der Waals surface area contributed by atoms with Crippen molar-refractivity contribution in [1.29, 1.82) is 0 Å². The van der Waals surface area contributed by atoms with Crippen LogP contribution in [-0.4, -0.2) is 42.0 Å². The number of aliphatic hydroxyl groups is 1. The fourth-order valence-corrected chi connectivity index (χ4v) is 1.85. The first kappa shape index (κ1) is 18.2. The van der Waals surface area contributed by atoms with Gasteiger partial charge in [0.2, 0.25) is 0 Å². The summed E-state index contributed by atoms with van der Waals surface area (Å²) in [5, 5.41) is 20.8. The number of ether oxygens (including phenoxy) is 2. The van der Waals surface area contributed by atoms with Crippen LogP contribution in [0.1, 0.15) is 24.8 Å². The second-order valence-corrected chi connectivity index (χ2v) is 4.80. The summed E-state index contributed by atoms with van der Waals surface area (Å²) < 4.78 is 11.1. The van der Waals surface area contributed by atoms with Crippen molar-refractivity contribution in [3.8, 4) is 12.3 Å². The molecule has 1 unspecified atom stereocenters. The highest BCUT2D eigenvalue weighted by Crippen LogP contribution is 2.05. The molecule has 5 nitrogen and oxygen atoms in total. The van der Waals surface area contributed by atoms with E-state index in [-0.39, 0.29) is 18.4 Å². The summed E-state index contributed by atoms with van der Waals surface area (Å²) in [6.45, 7) is 1.60. The van der Waals surface area contributed by atoms with Crippen LogP contribution in [0.4, 0.5) is 0 Å². The Morgan fingerprint density at radius 1 is 1.27 bits per heavy atom. The predicted molar refractivity (Wildman–Crippen MR) is 84.8 cm³/mol. The minimum atomic E-state index is -0.306. The maximum atomic E-state index is 9.23. The van der Waals surface area contributed by atoms with Crippen molar-refractivity contribution >= 4 is 5.71 Å². The predicted octanol–water partition coefficient (Wildman–Crippen LogP) is 2.21. The fraction of sp³-hybridized carbons (Fsp3) is 0.471. The highest BCUT2D eigenvalue weighted by atomic mass is 16.5. The number of benzene rings is 1. The summed E-state index contributed by atoms with van der Waals surface area (Å²) in [5.41, 5.74) is 1.40. The molecule has 0 aliphatic heterocycles. The third kappa shape index (κ3) is 7.79. The van der Waals surface area contributed by atoms with Gasteiger partial charge in [0, 0.05) is 19.6 Å². The van der Waals surface area contributed by atoms with Gasteiger partial charge in [-0.1, -0.05) is 41.4 Å². The summed E-state index contributed by atoms with van der Waals surface area (Å²) in [4.78, 5) is 0. The first-order chi connectivity index (χ1) is 10.8. The van der Waals surface area contributed by atoms with Crippen molar-refractivity contribution < 1.29 is 19.8 Å². The molecule has 0 saturated heterocycles. The molecule has 0 aromatic heterocycles. The second-order valence-electron chi connectivity index (χ2n) is 4.80. The summed E-state index contributed by atoms with van der Waals surface area (Å²) in [6, 6.07) is 9.97. The second kappa shape index (κ2) is 11.8. The van der Waals surface area contributed by atoms with E-state index in [1.165, 1.54) is 0 Å². The topological polar surface area (TPSA) is 71.3 Å². The zero-order valence-corrected chi connectivity index (χ0v) is 12.6. The van der Waals surface area contributed by atoms with E-state index in [0.29, 0.717) is 32.7 Å². The number of aliphatic hydroxyl groups excluding tert-OH is 1. The molecule has 0 amide bonds. The highest BCUT2D eigenvalue weighted by Gasteiger charge is 2.09. The van der Waals surface area contributed by atoms with Gasteiger partial charge in [0.05, 0.1) is 19.3 Å². The van der Waals surface area contributed by atoms with Gasteiger partial charge in [-0.3, -0.25) is 0 Å². The Labute approximate surface area is 131 Å². The standard InChI is InChI=1S/C17H23NO4/c1-2-16(18-20)9-10-17(13-19)22-12-6-11-21-14-15-7-4-3-5-8-15/h1,3-5,7-8,17,19-20H,6,9-14H2/b18-16-. The van der Waals surface area contributed by atoms with Crippen LogP contribution in [0.25, 0.3) is 0 Å². The molecule has 0 spiro atoms. The van der Waals surface area contributed by atoms with Crippen molar-refractivity contribution in [2.45, 2.75) is 32.0 Å². The average molecular weight is 305 g/mol. The maximum Gasteiger partial charge on any atom is 0.129 e. The number of rotatable bonds is 11. The molecule has 0 saturated carbocycles. The van der Waals surface area contributed by atoms with E-state index in [9.17, 15) is 5.11 Å². The number of terminal acetylenes is 1. The van der Waals surface area contributed by atoms with Crippen molar-refractivity contribution in [1.82, 2.24) is 0 Å². The molecule has 1 rings (SSSR count). The Balaban J connectivity index is 2.08. The molecule has 2 N–H and O–H groups in total. The fourth-order valence-electron chi connectivity index (χ4n) is 1.85. The Morgan fingerprint density at radius 3 is 2.68 bits per heavy atom. The van der Waals surface area contributed by atoms with E-state index >= 15 is 0 Å². The first-order valence-electron chi connectivity index (χ1n) is 7.31. The SMILES string of the molecule is C#C/C(CCC(CO)OCCCOCc1ccccc1)=N/O. The quantitative estimate of drug-likeness (QED) is 0.216. The Kier molecular flexibility index (Phi) is 9.71. The maximum absolute atomic E-state index is 9.23. The smallest absolute Gasteiger partial charge is 0.129 e. The zero-order chi connectivity index (χ0) is 16.0. The van der Waals surface area contributed by atoms with Gasteiger partial charge < -0.3 is 19.8 Å². The molecule has 120 valence electrons. The number of hydrogen-bond donors (Lipinski definition) is 2. The monoisotopic (exact) mass is 305 g/mol. The molecule has 5 heteroatoms. The van der Waals surface area contributed by atoms with Crippen LogP contribution < -0.4 is 0 Å². The van der Waals surface area contributed by atoms with Crippen molar-refractivity contribution in [3.63, 3.8) is 0 Å². The van der Waals surface area contributed by atoms with Crippen LogP contribution in [0.3, 0.4) is 0 Å². The lowest BCUT2D eigenvalue weighted by Crippen LogP contribution is -2.20. The summed E-state index contributed by atoms with van der Waals surface area (Å²) >= 11 is 0. The lowest BCUT2D eigenvalue weighted by Gasteiger charge is -2.15. The van der Waals surface area contributed by atoms with Crippen molar-refractivity contribution in [2.75, 3.05) is 19.8 Å². The van der Waals surface area contributed by atoms with E-state index in [2.05, 4.69) is 11.1 Å². The van der Waals surface area contributed by atoms with Gasteiger partial charge in [0.25, 0.3) is 0 Å². The van der Waals surface area contributed by atoms with E-state index in [1.54, 1.807) is 0 Å². The zero-order valence-electron chi connectivity index (χ0n) is 12.6. The van der Waals surface area contributed by atoms with Gasteiger partial charge in [-0.25, -0.2) is 0 Å². The Bertz CT molecular complexity index is 467. The van der Waals surface area contributed by atoms with Crippen LogP contribution >= 0.6 is 0 Å². The van der Waals surface area contributed by atoms with Gasteiger partial charge in [0.15, 0.2) is 0 Å². The first-order valence-corrected chi connectivity index (χ1v) is 7.31. The molecule has 0 radical (unpaired) electrons. The number of hydrogen-bond acceptors (Lipinski definition) is 5. The van der Waals surface area contributed by atoms with Crippen molar-refractivity contribution in [3.05, 3.63) is 35.9 Å². The van der Waals surface area contributed by atoms with Crippen LogP contribution in [0.2, 0.25) is 0 Å². The summed E-state index contributed by atoms with van der Waals surface area (Å²) in [6.07, 6.45) is 6.52. The molecule has 0 heterocycles. The van der Waals surface area contributed by atoms with Gasteiger partial charge in [-0.15, -0.1) is 6.42 Å². The molecular formula is C17H23NO4. The van der Waals surface area contributed by atoms with Crippen LogP contribution in [0, 0.1) is 12.3 Å². The average Bonchev–Trinajstić information content (AvgIpc) is 2.57. The Morgan fingerprint density at radius 2 is 2.05 bits per heavy atom. The van der Waals surface area contributed by atoms with Gasteiger partial charge in [-0.05, 0) is 18.4 Å². The van der Waals surface area contributed by atoms with Crippen LogP contribution in [0.5, 0.6) is 0 Å². The lowest BCUT2D eigenvalue weighted by molar-refractivity contribution is -0.00272. The van der Waals surface area contributed by atoms with E-state index in [4.69, 9.17) is 21.1 Å².